The maximum absolute atomic E-state index is 13.6. The summed E-state index contributed by atoms with van der Waals surface area (Å²) in [5.74, 6) is -0.837. The summed E-state index contributed by atoms with van der Waals surface area (Å²) in [7, 11) is 1.63. The molecule has 0 bridgehead atoms. The van der Waals surface area contributed by atoms with Gasteiger partial charge in [-0.15, -0.1) is 0 Å². The van der Waals surface area contributed by atoms with Crippen molar-refractivity contribution in [2.45, 2.75) is 44.8 Å². The molecule has 0 unspecified atom stereocenters. The van der Waals surface area contributed by atoms with E-state index in [0.29, 0.717) is 51.4 Å². The van der Waals surface area contributed by atoms with Crippen molar-refractivity contribution in [1.29, 1.82) is 0 Å². The van der Waals surface area contributed by atoms with Crippen LogP contribution in [0.3, 0.4) is 0 Å². The van der Waals surface area contributed by atoms with Gasteiger partial charge >= 0.3 is 12.4 Å². The maximum Gasteiger partial charge on any atom is 0.416 e. The Labute approximate surface area is 242 Å². The summed E-state index contributed by atoms with van der Waals surface area (Å²) in [6.07, 6.45) is -9.66. The van der Waals surface area contributed by atoms with Crippen LogP contribution in [0.2, 0.25) is 0 Å². The molecule has 2 aromatic carbocycles. The second kappa shape index (κ2) is 13.3. The monoisotopic (exact) mass is 601 g/mol. The highest BCUT2D eigenvalue weighted by Gasteiger charge is 2.39. The van der Waals surface area contributed by atoms with Gasteiger partial charge in [-0.25, -0.2) is 0 Å². The number of methoxy groups -OCH3 is 1. The van der Waals surface area contributed by atoms with Gasteiger partial charge in [0.1, 0.15) is 0 Å². The van der Waals surface area contributed by atoms with E-state index in [4.69, 9.17) is 9.47 Å². The van der Waals surface area contributed by atoms with Crippen LogP contribution in [0.15, 0.2) is 36.4 Å². The molecule has 2 fully saturated rings. The van der Waals surface area contributed by atoms with Crippen LogP contribution < -0.4 is 0 Å². The van der Waals surface area contributed by atoms with Crippen LogP contribution in [-0.4, -0.2) is 98.9 Å². The summed E-state index contributed by atoms with van der Waals surface area (Å²) < 4.78 is 92.0. The van der Waals surface area contributed by atoms with Crippen LogP contribution in [-0.2, 0) is 28.2 Å². The van der Waals surface area contributed by atoms with E-state index in [1.54, 1.807) is 7.11 Å². The standard InChI is InChI=1S/C30H37F6N3O3/c1-20-4-5-22(12-21(20)2)13-26-17-37(6-7-38-10-11-42-27(18-38)19-41-3)8-9-39(26)28(40)23-14-24(29(31,32)33)16-25(15-23)30(34,35)36/h4-5,12,14-16,26-27H,6-11,13,17-19H2,1-3H3/t26-,27-/m1/s1. The first-order chi connectivity index (χ1) is 19.7. The minimum absolute atomic E-state index is 0.00945. The van der Waals surface area contributed by atoms with Gasteiger partial charge in [-0.2, -0.15) is 26.3 Å². The molecule has 2 saturated heterocycles. The van der Waals surface area contributed by atoms with E-state index in [0.717, 1.165) is 36.3 Å². The number of aryl methyl sites for hydroxylation is 2. The van der Waals surface area contributed by atoms with Crippen molar-refractivity contribution in [2.24, 2.45) is 0 Å². The van der Waals surface area contributed by atoms with Crippen LogP contribution >= 0.6 is 0 Å². The van der Waals surface area contributed by atoms with Gasteiger partial charge in [0, 0.05) is 64.5 Å². The third kappa shape index (κ3) is 8.24. The van der Waals surface area contributed by atoms with Crippen molar-refractivity contribution in [3.8, 4) is 0 Å². The highest BCUT2D eigenvalue weighted by Crippen LogP contribution is 2.37. The zero-order chi connectivity index (χ0) is 30.7. The average molecular weight is 602 g/mol. The molecule has 0 aromatic heterocycles. The Morgan fingerprint density at radius 2 is 1.52 bits per heavy atom. The summed E-state index contributed by atoms with van der Waals surface area (Å²) in [4.78, 5) is 19.5. The Morgan fingerprint density at radius 3 is 2.12 bits per heavy atom. The number of halogens is 6. The first kappa shape index (κ1) is 32.2. The predicted octanol–water partition coefficient (Wildman–Crippen LogP) is 5.06. The summed E-state index contributed by atoms with van der Waals surface area (Å²) in [5, 5.41) is 0. The number of piperazine rings is 1. The van der Waals surface area contributed by atoms with Gasteiger partial charge in [-0.3, -0.25) is 14.6 Å². The molecule has 12 heteroatoms. The van der Waals surface area contributed by atoms with Gasteiger partial charge in [0.25, 0.3) is 5.91 Å². The van der Waals surface area contributed by atoms with Crippen molar-refractivity contribution >= 4 is 5.91 Å². The third-order valence-corrected chi connectivity index (χ3v) is 8.01. The molecule has 2 aliphatic rings. The smallest absolute Gasteiger partial charge is 0.382 e. The Kier molecular flexibility index (Phi) is 10.2. The van der Waals surface area contributed by atoms with Gasteiger partial charge in [-0.05, 0) is 55.2 Å². The largest absolute Gasteiger partial charge is 0.416 e. The Balaban J connectivity index is 1.56. The quantitative estimate of drug-likeness (QED) is 0.396. The molecule has 0 aliphatic carbocycles. The molecule has 2 aromatic rings. The molecule has 1 amide bonds. The Hall–Kier alpha value is -2.67. The number of alkyl halides is 6. The molecule has 0 saturated carbocycles. The van der Waals surface area contributed by atoms with Crippen molar-refractivity contribution < 1.29 is 40.6 Å². The fourth-order valence-corrected chi connectivity index (χ4v) is 5.56. The first-order valence-corrected chi connectivity index (χ1v) is 14.0. The maximum atomic E-state index is 13.6. The molecule has 2 heterocycles. The first-order valence-electron chi connectivity index (χ1n) is 14.0. The number of amides is 1. The van der Waals surface area contributed by atoms with Gasteiger partial charge in [0.15, 0.2) is 0 Å². The third-order valence-electron chi connectivity index (χ3n) is 8.01. The number of morpholine rings is 1. The van der Waals surface area contributed by atoms with Crippen LogP contribution in [0.5, 0.6) is 0 Å². The molecular formula is C30H37F6N3O3. The average Bonchev–Trinajstić information content (AvgIpc) is 2.93. The highest BCUT2D eigenvalue weighted by atomic mass is 19.4. The lowest BCUT2D eigenvalue weighted by Crippen LogP contribution is -2.57. The second-order valence-corrected chi connectivity index (χ2v) is 11.1. The highest BCUT2D eigenvalue weighted by molar-refractivity contribution is 5.95. The molecule has 6 nitrogen and oxygen atoms in total. The summed E-state index contributed by atoms with van der Waals surface area (Å²) in [5.41, 5.74) is -0.516. The van der Waals surface area contributed by atoms with E-state index in [-0.39, 0.29) is 18.7 Å². The number of rotatable bonds is 8. The minimum Gasteiger partial charge on any atom is -0.382 e. The van der Waals surface area contributed by atoms with Gasteiger partial charge in [0.05, 0.1) is 30.4 Å². The minimum atomic E-state index is -5.03. The number of benzene rings is 2. The number of ether oxygens (including phenoxy) is 2. The predicted molar refractivity (Wildman–Crippen MR) is 145 cm³/mol. The van der Waals surface area contributed by atoms with E-state index in [9.17, 15) is 31.1 Å². The normalized spacial score (nSPS) is 21.1. The molecule has 42 heavy (non-hydrogen) atoms. The summed E-state index contributed by atoms with van der Waals surface area (Å²) in [6, 6.07) is 6.56. The van der Waals surface area contributed by atoms with Crippen LogP contribution in [0, 0.1) is 13.8 Å². The lowest BCUT2D eigenvalue weighted by Gasteiger charge is -2.43. The van der Waals surface area contributed by atoms with Gasteiger partial charge in [0.2, 0.25) is 0 Å². The molecule has 2 atom stereocenters. The van der Waals surface area contributed by atoms with Gasteiger partial charge in [-0.1, -0.05) is 18.2 Å². The van der Waals surface area contributed by atoms with E-state index in [2.05, 4.69) is 9.80 Å². The SMILES string of the molecule is COC[C@H]1CN(CCN2CCN(C(=O)c3cc(C(F)(F)F)cc(C(F)(F)F)c3)[C@H](Cc3ccc(C)c(C)c3)C2)CCO1. The lowest BCUT2D eigenvalue weighted by molar-refractivity contribution is -0.143. The van der Waals surface area contributed by atoms with Gasteiger partial charge < -0.3 is 14.4 Å². The van der Waals surface area contributed by atoms with E-state index >= 15 is 0 Å². The number of carbonyl (C=O) groups excluding carboxylic acids is 1. The molecule has 2 aliphatic heterocycles. The summed E-state index contributed by atoms with van der Waals surface area (Å²) in [6.45, 7) is 9.09. The van der Waals surface area contributed by atoms with E-state index < -0.39 is 41.0 Å². The Bertz CT molecular complexity index is 1200. The van der Waals surface area contributed by atoms with Crippen molar-refractivity contribution in [3.63, 3.8) is 0 Å². The number of nitrogens with zero attached hydrogens (tertiary/aromatic N) is 3. The molecule has 232 valence electrons. The topological polar surface area (TPSA) is 45.2 Å². The Morgan fingerprint density at radius 1 is 0.881 bits per heavy atom. The zero-order valence-corrected chi connectivity index (χ0v) is 24.0. The fourth-order valence-electron chi connectivity index (χ4n) is 5.56. The number of carbonyl (C=O) groups is 1. The molecule has 4 rings (SSSR count). The van der Waals surface area contributed by atoms with Crippen LogP contribution in [0.4, 0.5) is 26.3 Å². The van der Waals surface area contributed by atoms with Crippen molar-refractivity contribution in [3.05, 3.63) is 69.8 Å². The van der Waals surface area contributed by atoms with E-state index in [1.165, 1.54) is 4.90 Å². The second-order valence-electron chi connectivity index (χ2n) is 11.1. The van der Waals surface area contributed by atoms with Crippen molar-refractivity contribution in [1.82, 2.24) is 14.7 Å². The molecule has 0 spiro atoms. The van der Waals surface area contributed by atoms with E-state index in [1.807, 2.05) is 32.0 Å². The molecular weight excluding hydrogens is 564 g/mol. The zero-order valence-electron chi connectivity index (χ0n) is 24.0. The molecule has 0 radical (unpaired) electrons. The summed E-state index contributed by atoms with van der Waals surface area (Å²) >= 11 is 0. The number of hydrogen-bond acceptors (Lipinski definition) is 5. The lowest BCUT2D eigenvalue weighted by atomic mass is 9.97. The van der Waals surface area contributed by atoms with Crippen molar-refractivity contribution in [2.75, 3.05) is 66.1 Å². The van der Waals surface area contributed by atoms with Crippen LogP contribution in [0.1, 0.15) is 38.2 Å². The molecule has 0 N–H and O–H groups in total. The number of hydrogen-bond donors (Lipinski definition) is 0. The van der Waals surface area contributed by atoms with Crippen LogP contribution in [0.25, 0.3) is 0 Å². The fraction of sp³-hybridized carbons (Fsp3) is 0.567.